The minimum atomic E-state index is -0.395. The molecule has 2 atom stereocenters. The monoisotopic (exact) mass is 426 g/mol. The minimum absolute atomic E-state index is 0.105. The van der Waals surface area contributed by atoms with E-state index in [1.165, 1.54) is 55.2 Å². The lowest BCUT2D eigenvalue weighted by Crippen LogP contribution is -2.44. The van der Waals surface area contributed by atoms with Crippen molar-refractivity contribution in [3.63, 3.8) is 0 Å². The molecule has 2 fully saturated rings. The lowest BCUT2D eigenvalue weighted by atomic mass is 9.92. The summed E-state index contributed by atoms with van der Waals surface area (Å²) in [6.07, 6.45) is 7.33. The second kappa shape index (κ2) is 10.4. The Morgan fingerprint density at radius 3 is 2.61 bits per heavy atom. The topological polar surface area (TPSA) is 84.4 Å². The van der Waals surface area contributed by atoms with Gasteiger partial charge in [-0.05, 0) is 31.1 Å². The molecule has 1 aromatic heterocycles. The van der Waals surface area contributed by atoms with Crippen LogP contribution in [0.2, 0.25) is 0 Å². The Hall–Kier alpha value is -1.35. The first-order valence-corrected chi connectivity index (χ1v) is 12.0. The maximum Gasteiger partial charge on any atom is 0.316 e. The first kappa shape index (κ1) is 21.4. The third kappa shape index (κ3) is 6.62. The average Bonchev–Trinajstić information content (AvgIpc) is 3.12. The molecular formula is C19H30N4O3S2. The molecule has 28 heavy (non-hydrogen) atoms. The fraction of sp³-hybridized carbons (Fsp3) is 0.789. The second-order valence-electron chi connectivity index (χ2n) is 8.05. The summed E-state index contributed by atoms with van der Waals surface area (Å²) in [6.45, 7) is 5.62. The number of carbonyl (C=O) groups excluding carboxylic acids is 2. The van der Waals surface area contributed by atoms with Crippen molar-refractivity contribution in [2.75, 3.05) is 30.8 Å². The SMILES string of the molecule is C[C@@H]1C[C@@H](C)CN(C(=O)COC(=O)CSc2nnc(NC3CCCCC3)s2)C1. The number of hydrogen-bond acceptors (Lipinski definition) is 8. The number of nitrogens with zero attached hydrogens (tertiary/aromatic N) is 3. The largest absolute Gasteiger partial charge is 0.455 e. The van der Waals surface area contributed by atoms with Crippen molar-refractivity contribution in [2.45, 2.75) is 62.8 Å². The van der Waals surface area contributed by atoms with Crippen molar-refractivity contribution >= 4 is 40.1 Å². The van der Waals surface area contributed by atoms with E-state index in [1.54, 1.807) is 0 Å². The summed E-state index contributed by atoms with van der Waals surface area (Å²) in [4.78, 5) is 26.1. The number of aromatic nitrogens is 2. The van der Waals surface area contributed by atoms with E-state index in [0.717, 1.165) is 29.0 Å². The fourth-order valence-electron chi connectivity index (χ4n) is 4.01. The van der Waals surface area contributed by atoms with E-state index in [2.05, 4.69) is 29.4 Å². The van der Waals surface area contributed by atoms with Gasteiger partial charge in [0.05, 0.1) is 5.75 Å². The Bertz CT molecular complexity index is 653. The molecule has 156 valence electrons. The summed E-state index contributed by atoms with van der Waals surface area (Å²) in [6, 6.07) is 0.482. The Morgan fingerprint density at radius 2 is 1.89 bits per heavy atom. The third-order valence-electron chi connectivity index (χ3n) is 5.23. The predicted molar refractivity (Wildman–Crippen MR) is 112 cm³/mol. The van der Waals surface area contributed by atoms with Crippen molar-refractivity contribution in [3.05, 3.63) is 0 Å². The van der Waals surface area contributed by atoms with Gasteiger partial charge in [0.2, 0.25) is 5.13 Å². The molecule has 1 aromatic rings. The zero-order valence-electron chi connectivity index (χ0n) is 16.7. The highest BCUT2D eigenvalue weighted by Crippen LogP contribution is 2.28. The van der Waals surface area contributed by atoms with Crippen molar-refractivity contribution < 1.29 is 14.3 Å². The zero-order valence-corrected chi connectivity index (χ0v) is 18.3. The lowest BCUT2D eigenvalue weighted by molar-refractivity contribution is -0.151. The van der Waals surface area contributed by atoms with E-state index < -0.39 is 5.97 Å². The Balaban J connectivity index is 1.35. The zero-order chi connectivity index (χ0) is 19.9. The molecule has 0 unspecified atom stereocenters. The van der Waals surface area contributed by atoms with Gasteiger partial charge in [-0.1, -0.05) is 56.2 Å². The molecule has 0 bridgehead atoms. The number of amides is 1. The molecule has 1 N–H and O–H groups in total. The van der Waals surface area contributed by atoms with Crippen molar-refractivity contribution in [1.29, 1.82) is 0 Å². The fourth-order valence-corrected chi connectivity index (χ4v) is 5.64. The highest BCUT2D eigenvalue weighted by atomic mass is 32.2. The van der Waals surface area contributed by atoms with Gasteiger partial charge in [0, 0.05) is 19.1 Å². The summed E-state index contributed by atoms with van der Waals surface area (Å²) in [5.41, 5.74) is 0. The molecular weight excluding hydrogens is 396 g/mol. The van der Waals surface area contributed by atoms with Crippen molar-refractivity contribution in [1.82, 2.24) is 15.1 Å². The molecule has 0 aromatic carbocycles. The van der Waals surface area contributed by atoms with E-state index in [-0.39, 0.29) is 18.3 Å². The summed E-state index contributed by atoms with van der Waals surface area (Å²) in [5.74, 6) is 0.624. The molecule has 1 amide bonds. The number of anilines is 1. The molecule has 2 heterocycles. The number of nitrogens with one attached hydrogen (secondary N) is 1. The smallest absolute Gasteiger partial charge is 0.316 e. The number of ether oxygens (including phenoxy) is 1. The highest BCUT2D eigenvalue weighted by Gasteiger charge is 2.26. The van der Waals surface area contributed by atoms with Crippen LogP contribution in [0.1, 0.15) is 52.4 Å². The first-order valence-electron chi connectivity index (χ1n) is 10.2. The van der Waals surface area contributed by atoms with Gasteiger partial charge in [-0.2, -0.15) is 0 Å². The molecule has 3 rings (SSSR count). The number of thioether (sulfide) groups is 1. The summed E-state index contributed by atoms with van der Waals surface area (Å²) >= 11 is 2.77. The average molecular weight is 427 g/mol. The van der Waals surface area contributed by atoms with Crippen LogP contribution in [0.5, 0.6) is 0 Å². The maximum atomic E-state index is 12.3. The van der Waals surface area contributed by atoms with Crippen LogP contribution < -0.4 is 5.32 Å². The highest BCUT2D eigenvalue weighted by molar-refractivity contribution is 8.01. The number of likely N-dealkylation sites (tertiary alicyclic amines) is 1. The van der Waals surface area contributed by atoms with Gasteiger partial charge in [-0.15, -0.1) is 10.2 Å². The van der Waals surface area contributed by atoms with Crippen LogP contribution >= 0.6 is 23.1 Å². The van der Waals surface area contributed by atoms with Crippen LogP contribution in [0.4, 0.5) is 5.13 Å². The quantitative estimate of drug-likeness (QED) is 0.528. The van der Waals surface area contributed by atoms with E-state index in [4.69, 9.17) is 4.74 Å². The van der Waals surface area contributed by atoms with Crippen LogP contribution in [0, 0.1) is 11.8 Å². The van der Waals surface area contributed by atoms with E-state index in [1.807, 2.05) is 4.90 Å². The lowest BCUT2D eigenvalue weighted by Gasteiger charge is -2.34. The molecule has 7 nitrogen and oxygen atoms in total. The van der Waals surface area contributed by atoms with Crippen LogP contribution in [0.15, 0.2) is 4.34 Å². The standard InChI is InChI=1S/C19H30N4O3S2/c1-13-8-14(2)10-23(9-13)16(24)11-26-17(25)12-27-19-22-21-18(28-19)20-15-6-4-3-5-7-15/h13-15H,3-12H2,1-2H3,(H,20,21)/t13-,14-/m1/s1. The first-order chi connectivity index (χ1) is 13.5. The number of rotatable bonds is 7. The Morgan fingerprint density at radius 1 is 1.18 bits per heavy atom. The molecule has 1 aliphatic heterocycles. The molecule has 1 saturated carbocycles. The van der Waals surface area contributed by atoms with Gasteiger partial charge in [0.1, 0.15) is 0 Å². The van der Waals surface area contributed by atoms with Crippen molar-refractivity contribution in [3.8, 4) is 0 Å². The number of piperidine rings is 1. The number of carbonyl (C=O) groups is 2. The Labute approximate surface area is 175 Å². The van der Waals surface area contributed by atoms with E-state index >= 15 is 0 Å². The van der Waals surface area contributed by atoms with Gasteiger partial charge < -0.3 is 15.0 Å². The van der Waals surface area contributed by atoms with Gasteiger partial charge in [-0.3, -0.25) is 9.59 Å². The van der Waals surface area contributed by atoms with Gasteiger partial charge in [0.25, 0.3) is 5.91 Å². The minimum Gasteiger partial charge on any atom is -0.455 e. The summed E-state index contributed by atoms with van der Waals surface area (Å²) < 4.78 is 5.90. The Kier molecular flexibility index (Phi) is 7.96. The normalized spacial score (nSPS) is 23.4. The van der Waals surface area contributed by atoms with Crippen LogP contribution in [-0.4, -0.2) is 58.5 Å². The number of hydrogen-bond donors (Lipinski definition) is 1. The van der Waals surface area contributed by atoms with Crippen LogP contribution in [0.25, 0.3) is 0 Å². The summed E-state index contributed by atoms with van der Waals surface area (Å²) in [5, 5.41) is 12.5. The molecule has 0 radical (unpaired) electrons. The predicted octanol–water partition coefficient (Wildman–Crippen LogP) is 3.42. The van der Waals surface area contributed by atoms with Gasteiger partial charge >= 0.3 is 5.97 Å². The van der Waals surface area contributed by atoms with Gasteiger partial charge in [0.15, 0.2) is 10.9 Å². The van der Waals surface area contributed by atoms with Gasteiger partial charge in [-0.25, -0.2) is 0 Å². The second-order valence-corrected chi connectivity index (χ2v) is 10.2. The van der Waals surface area contributed by atoms with E-state index in [9.17, 15) is 9.59 Å². The molecule has 1 saturated heterocycles. The molecule has 2 aliphatic rings. The van der Waals surface area contributed by atoms with Crippen molar-refractivity contribution in [2.24, 2.45) is 11.8 Å². The van der Waals surface area contributed by atoms with Crippen LogP contribution in [-0.2, 0) is 14.3 Å². The molecule has 0 spiro atoms. The summed E-state index contributed by atoms with van der Waals surface area (Å²) in [7, 11) is 0. The third-order valence-corrected chi connectivity index (χ3v) is 7.19. The van der Waals surface area contributed by atoms with E-state index in [0.29, 0.717) is 17.9 Å². The molecule has 1 aliphatic carbocycles. The maximum absolute atomic E-state index is 12.3. The van der Waals surface area contributed by atoms with Crippen LogP contribution in [0.3, 0.4) is 0 Å². The number of esters is 1. The molecule has 9 heteroatoms.